The molecule has 6 nitrogen and oxygen atoms in total. The first-order valence-electron chi connectivity index (χ1n) is 6.91. The minimum Gasteiger partial charge on any atom is -0.348 e. The Morgan fingerprint density at radius 2 is 2.14 bits per heavy atom. The minimum absolute atomic E-state index is 0.0807. The zero-order valence-corrected chi connectivity index (χ0v) is 14.6. The van der Waals surface area contributed by atoms with Crippen LogP contribution in [0.2, 0.25) is 0 Å². The molecule has 1 aromatic heterocycles. The van der Waals surface area contributed by atoms with Gasteiger partial charge in [-0.15, -0.1) is 0 Å². The molecule has 1 amide bonds. The van der Waals surface area contributed by atoms with Gasteiger partial charge in [0.25, 0.3) is 5.91 Å². The molecule has 0 spiro atoms. The summed E-state index contributed by atoms with van der Waals surface area (Å²) in [5.74, 6) is 6.11. The smallest absolute Gasteiger partial charge is 0.255 e. The lowest BCUT2D eigenvalue weighted by atomic mass is 10.0. The molecule has 0 fully saturated rings. The average molecular weight is 358 g/mol. The van der Waals surface area contributed by atoms with Gasteiger partial charge < -0.3 is 15.6 Å². The molecule has 1 aromatic rings. The number of halogens is 1. The van der Waals surface area contributed by atoms with Crippen molar-refractivity contribution in [3.05, 3.63) is 22.3 Å². The largest absolute Gasteiger partial charge is 0.348 e. The fourth-order valence-electron chi connectivity index (χ4n) is 2.18. The van der Waals surface area contributed by atoms with Crippen molar-refractivity contribution in [1.82, 2.24) is 15.2 Å². The van der Waals surface area contributed by atoms with Gasteiger partial charge in [0.1, 0.15) is 0 Å². The average Bonchev–Trinajstić information content (AvgIpc) is 2.36. The van der Waals surface area contributed by atoms with Crippen LogP contribution in [0.3, 0.4) is 0 Å². The Morgan fingerprint density at radius 1 is 1.48 bits per heavy atom. The number of nitrogens with one attached hydrogen (secondary N) is 2. The number of rotatable bonds is 7. The van der Waals surface area contributed by atoms with Crippen molar-refractivity contribution in [3.8, 4) is 0 Å². The van der Waals surface area contributed by atoms with Gasteiger partial charge in [-0.3, -0.25) is 4.79 Å². The standard InChI is InChI=1S/C14H24BrN5O/c1-9(2)5-11(8-20(3)4)18-14(21)12-6-10(15)7-17-13(12)19-16/h6-7,9,11H,5,8,16H2,1-4H3,(H,17,19)(H,18,21). The summed E-state index contributed by atoms with van der Waals surface area (Å²) in [4.78, 5) is 18.6. The molecule has 0 aliphatic carbocycles. The van der Waals surface area contributed by atoms with Gasteiger partial charge in [0.2, 0.25) is 0 Å². The van der Waals surface area contributed by atoms with Crippen LogP contribution in [0.1, 0.15) is 30.6 Å². The van der Waals surface area contributed by atoms with Crippen LogP contribution in [0, 0.1) is 5.92 Å². The van der Waals surface area contributed by atoms with E-state index < -0.39 is 0 Å². The van der Waals surface area contributed by atoms with E-state index in [0.717, 1.165) is 17.4 Å². The first-order valence-corrected chi connectivity index (χ1v) is 7.70. The highest BCUT2D eigenvalue weighted by atomic mass is 79.9. The first kappa shape index (κ1) is 17.9. The number of likely N-dealkylation sites (N-methyl/N-ethyl adjacent to an activating group) is 1. The maximum atomic E-state index is 12.5. The molecule has 0 radical (unpaired) electrons. The number of carbonyl (C=O) groups is 1. The third kappa shape index (κ3) is 5.99. The summed E-state index contributed by atoms with van der Waals surface area (Å²) >= 11 is 3.32. The Hall–Kier alpha value is -1.18. The fourth-order valence-corrected chi connectivity index (χ4v) is 2.51. The number of carbonyl (C=O) groups excluding carboxylic acids is 1. The summed E-state index contributed by atoms with van der Waals surface area (Å²) in [5, 5.41) is 3.06. The molecular formula is C14H24BrN5O. The number of hydrazine groups is 1. The molecule has 0 aromatic carbocycles. The highest BCUT2D eigenvalue weighted by Gasteiger charge is 2.19. The SMILES string of the molecule is CC(C)CC(CN(C)C)NC(=O)c1cc(Br)cnc1NN. The van der Waals surface area contributed by atoms with Crippen LogP contribution in [0.15, 0.2) is 16.7 Å². The topological polar surface area (TPSA) is 83.3 Å². The highest BCUT2D eigenvalue weighted by Crippen LogP contribution is 2.18. The molecular weight excluding hydrogens is 334 g/mol. The summed E-state index contributed by atoms with van der Waals surface area (Å²) in [7, 11) is 3.99. The zero-order valence-electron chi connectivity index (χ0n) is 13.0. The molecule has 1 heterocycles. The monoisotopic (exact) mass is 357 g/mol. The fraction of sp³-hybridized carbons (Fsp3) is 0.571. The van der Waals surface area contributed by atoms with Crippen LogP contribution in [0.5, 0.6) is 0 Å². The van der Waals surface area contributed by atoms with E-state index >= 15 is 0 Å². The molecule has 0 saturated heterocycles. The van der Waals surface area contributed by atoms with Crippen molar-refractivity contribution < 1.29 is 4.79 Å². The zero-order chi connectivity index (χ0) is 16.0. The Balaban J connectivity index is 2.88. The van der Waals surface area contributed by atoms with E-state index in [9.17, 15) is 4.79 Å². The molecule has 7 heteroatoms. The van der Waals surface area contributed by atoms with Crippen LogP contribution in [-0.2, 0) is 0 Å². The molecule has 118 valence electrons. The highest BCUT2D eigenvalue weighted by molar-refractivity contribution is 9.10. The number of pyridine rings is 1. The number of nitrogens with zero attached hydrogens (tertiary/aromatic N) is 2. The molecule has 1 unspecified atom stereocenters. The van der Waals surface area contributed by atoms with Gasteiger partial charge in [-0.2, -0.15) is 0 Å². The lowest BCUT2D eigenvalue weighted by Crippen LogP contribution is -2.42. The Kier molecular flexibility index (Phi) is 7.07. The second-order valence-electron chi connectivity index (χ2n) is 5.76. The van der Waals surface area contributed by atoms with Crippen molar-refractivity contribution >= 4 is 27.7 Å². The lowest BCUT2D eigenvalue weighted by molar-refractivity contribution is 0.0925. The molecule has 21 heavy (non-hydrogen) atoms. The number of hydrogen-bond donors (Lipinski definition) is 3. The predicted octanol–water partition coefficient (Wildman–Crippen LogP) is 1.84. The van der Waals surface area contributed by atoms with E-state index in [1.807, 2.05) is 14.1 Å². The van der Waals surface area contributed by atoms with Gasteiger partial charge in [0.15, 0.2) is 5.82 Å². The van der Waals surface area contributed by atoms with E-state index in [2.05, 4.69) is 50.4 Å². The van der Waals surface area contributed by atoms with Crippen LogP contribution in [0.25, 0.3) is 0 Å². The molecule has 0 saturated carbocycles. The number of aromatic nitrogens is 1. The minimum atomic E-state index is -0.177. The number of anilines is 1. The second kappa shape index (κ2) is 8.31. The van der Waals surface area contributed by atoms with Gasteiger partial charge in [0, 0.05) is 23.3 Å². The Labute approximate surface area is 134 Å². The maximum absolute atomic E-state index is 12.5. The van der Waals surface area contributed by atoms with Crippen LogP contribution >= 0.6 is 15.9 Å². The van der Waals surface area contributed by atoms with E-state index in [0.29, 0.717) is 17.3 Å². The van der Waals surface area contributed by atoms with Gasteiger partial charge in [-0.05, 0) is 48.4 Å². The maximum Gasteiger partial charge on any atom is 0.255 e. The Bertz CT molecular complexity index is 468. The van der Waals surface area contributed by atoms with Gasteiger partial charge in [0.05, 0.1) is 5.56 Å². The summed E-state index contributed by atoms with van der Waals surface area (Å²) < 4.78 is 0.736. The summed E-state index contributed by atoms with van der Waals surface area (Å²) in [6.07, 6.45) is 2.51. The number of amides is 1. The molecule has 0 bridgehead atoms. The van der Waals surface area contributed by atoms with Crippen molar-refractivity contribution in [3.63, 3.8) is 0 Å². The predicted molar refractivity (Wildman–Crippen MR) is 89.0 cm³/mol. The van der Waals surface area contributed by atoms with Crippen molar-refractivity contribution in [2.75, 3.05) is 26.1 Å². The molecule has 4 N–H and O–H groups in total. The van der Waals surface area contributed by atoms with Gasteiger partial charge in [-0.25, -0.2) is 10.8 Å². The third-order valence-electron chi connectivity index (χ3n) is 2.91. The number of nitrogen functional groups attached to an aromatic ring is 1. The third-order valence-corrected chi connectivity index (χ3v) is 3.35. The van der Waals surface area contributed by atoms with Crippen LogP contribution < -0.4 is 16.6 Å². The van der Waals surface area contributed by atoms with E-state index in [4.69, 9.17) is 5.84 Å². The van der Waals surface area contributed by atoms with E-state index in [1.54, 1.807) is 12.3 Å². The van der Waals surface area contributed by atoms with E-state index in [1.165, 1.54) is 0 Å². The molecule has 1 rings (SSSR count). The molecule has 0 aliphatic heterocycles. The molecule has 1 atom stereocenters. The van der Waals surface area contributed by atoms with Crippen molar-refractivity contribution in [1.29, 1.82) is 0 Å². The number of hydrogen-bond acceptors (Lipinski definition) is 5. The quantitative estimate of drug-likeness (QED) is 0.512. The Morgan fingerprint density at radius 3 is 2.67 bits per heavy atom. The normalized spacial score (nSPS) is 12.6. The second-order valence-corrected chi connectivity index (χ2v) is 6.67. The van der Waals surface area contributed by atoms with E-state index in [-0.39, 0.29) is 11.9 Å². The number of nitrogens with two attached hydrogens (primary N) is 1. The van der Waals surface area contributed by atoms with Gasteiger partial charge in [-0.1, -0.05) is 13.8 Å². The molecule has 0 aliphatic rings. The summed E-state index contributed by atoms with van der Waals surface area (Å²) in [6, 6.07) is 1.79. The van der Waals surface area contributed by atoms with Crippen LogP contribution in [0.4, 0.5) is 5.82 Å². The summed E-state index contributed by atoms with van der Waals surface area (Å²) in [5.41, 5.74) is 2.89. The first-order chi connectivity index (χ1) is 9.83. The summed E-state index contributed by atoms with van der Waals surface area (Å²) in [6.45, 7) is 5.07. The van der Waals surface area contributed by atoms with Crippen LogP contribution in [-0.4, -0.2) is 42.5 Å². The van der Waals surface area contributed by atoms with Crippen molar-refractivity contribution in [2.24, 2.45) is 11.8 Å². The lowest BCUT2D eigenvalue weighted by Gasteiger charge is -2.24. The van der Waals surface area contributed by atoms with Crippen molar-refractivity contribution in [2.45, 2.75) is 26.3 Å². The van der Waals surface area contributed by atoms with Gasteiger partial charge >= 0.3 is 0 Å².